The molecule has 1 fully saturated rings. The summed E-state index contributed by atoms with van der Waals surface area (Å²) >= 11 is 0. The number of aryl methyl sites for hydroxylation is 1. The van der Waals surface area contributed by atoms with Crippen molar-refractivity contribution in [1.29, 1.82) is 0 Å². The van der Waals surface area contributed by atoms with Gasteiger partial charge in [0.15, 0.2) is 0 Å². The van der Waals surface area contributed by atoms with Crippen LogP contribution >= 0.6 is 24.8 Å². The molecular weight excluding hydrogens is 511 g/mol. The molecule has 0 aliphatic carbocycles. The maximum Gasteiger partial charge on any atom is 0.314 e. The summed E-state index contributed by atoms with van der Waals surface area (Å²) in [6, 6.07) is 10.5. The molecule has 13 heteroatoms. The molecule has 4 rings (SSSR count). The Morgan fingerprint density at radius 1 is 1.15 bits per heavy atom. The molecule has 0 saturated carbocycles. The first-order valence-corrected chi connectivity index (χ1v) is 11.7. The van der Waals surface area contributed by atoms with E-state index in [-0.39, 0.29) is 37.2 Å². The highest BCUT2D eigenvalue weighted by atomic mass is 35.5. The van der Waals surface area contributed by atoms with E-state index in [0.717, 1.165) is 5.56 Å². The molecule has 186 valence electrons. The summed E-state index contributed by atoms with van der Waals surface area (Å²) in [5.74, 6) is -0.833. The average molecular weight is 536 g/mol. The summed E-state index contributed by atoms with van der Waals surface area (Å²) in [4.78, 5) is 4.32. The summed E-state index contributed by atoms with van der Waals surface area (Å²) in [5.41, 5.74) is 2.40. The molecule has 3 aromatic rings. The molecule has 2 aromatic heterocycles. The highest BCUT2D eigenvalue weighted by Crippen LogP contribution is 2.28. The van der Waals surface area contributed by atoms with Crippen LogP contribution in [-0.4, -0.2) is 41.9 Å². The van der Waals surface area contributed by atoms with E-state index in [0.29, 0.717) is 42.9 Å². The Hall–Kier alpha value is -2.34. The predicted molar refractivity (Wildman–Crippen MR) is 129 cm³/mol. The number of benzene rings is 1. The second-order valence-electron chi connectivity index (χ2n) is 7.62. The number of anilines is 1. The van der Waals surface area contributed by atoms with E-state index in [1.807, 2.05) is 25.1 Å². The zero-order valence-corrected chi connectivity index (χ0v) is 20.7. The molecule has 1 aliphatic heterocycles. The van der Waals surface area contributed by atoms with Gasteiger partial charge in [0.05, 0.1) is 28.7 Å². The van der Waals surface area contributed by atoms with Crippen LogP contribution in [0.4, 0.5) is 14.5 Å². The first-order valence-electron chi connectivity index (χ1n) is 10.2. The van der Waals surface area contributed by atoms with Crippen LogP contribution in [-0.2, 0) is 16.6 Å². The molecule has 1 aromatic carbocycles. The number of halogens is 4. The van der Waals surface area contributed by atoms with Gasteiger partial charge in [0.1, 0.15) is 0 Å². The zero-order chi connectivity index (χ0) is 22.7. The lowest BCUT2D eigenvalue weighted by molar-refractivity contribution is 0.116. The molecule has 3 heterocycles. The van der Waals surface area contributed by atoms with E-state index in [2.05, 4.69) is 20.5 Å². The first-order chi connectivity index (χ1) is 15.3. The molecule has 0 amide bonds. The molecule has 0 spiro atoms. The maximum atomic E-state index is 13.5. The first kappa shape index (κ1) is 27.9. The molecule has 1 saturated heterocycles. The minimum absolute atomic E-state index is 0. The van der Waals surface area contributed by atoms with E-state index in [4.69, 9.17) is 4.42 Å². The second-order valence-corrected chi connectivity index (χ2v) is 9.76. The number of nitrogens with one attached hydrogen (secondary N) is 1. The second kappa shape index (κ2) is 11.9. The fourth-order valence-corrected chi connectivity index (χ4v) is 5.53. The molecule has 0 bridgehead atoms. The Balaban J connectivity index is 0.00000204. The van der Waals surface area contributed by atoms with Gasteiger partial charge in [-0.1, -0.05) is 12.1 Å². The number of alkyl halides is 2. The Labute approximate surface area is 209 Å². The van der Waals surface area contributed by atoms with Crippen LogP contribution in [0.5, 0.6) is 0 Å². The Morgan fingerprint density at radius 2 is 1.88 bits per heavy atom. The number of aromatic nitrogens is 3. The summed E-state index contributed by atoms with van der Waals surface area (Å²) in [6.45, 7) is 3.26. The largest absolute Gasteiger partial charge is 0.415 e. The van der Waals surface area contributed by atoms with Crippen LogP contribution in [0.2, 0.25) is 0 Å². The Bertz CT molecular complexity index is 1170. The third kappa shape index (κ3) is 6.21. The third-order valence-electron chi connectivity index (χ3n) is 5.31. The number of pyridine rings is 1. The van der Waals surface area contributed by atoms with Gasteiger partial charge in [-0.05, 0) is 62.7 Å². The summed E-state index contributed by atoms with van der Waals surface area (Å²) in [5, 5.41) is 9.63. The van der Waals surface area contributed by atoms with E-state index in [1.165, 1.54) is 10.5 Å². The molecule has 8 nitrogen and oxygen atoms in total. The van der Waals surface area contributed by atoms with Crippen molar-refractivity contribution in [3.8, 4) is 11.5 Å². The molecule has 0 atom stereocenters. The van der Waals surface area contributed by atoms with Crippen LogP contribution in [0.1, 0.15) is 36.4 Å². The molecule has 0 radical (unpaired) electrons. The number of nitrogens with zero attached hydrogens (tertiary/aromatic N) is 4. The minimum Gasteiger partial charge on any atom is -0.415 e. The highest BCUT2D eigenvalue weighted by Gasteiger charge is 2.33. The van der Waals surface area contributed by atoms with Crippen molar-refractivity contribution >= 4 is 40.5 Å². The minimum atomic E-state index is -3.63. The zero-order valence-electron chi connectivity index (χ0n) is 18.2. The molecule has 1 N–H and O–H groups in total. The number of piperidine rings is 1. The third-order valence-corrected chi connectivity index (χ3v) is 7.58. The lowest BCUT2D eigenvalue weighted by atomic mass is 10.2. The van der Waals surface area contributed by atoms with Crippen molar-refractivity contribution in [3.63, 3.8) is 0 Å². The van der Waals surface area contributed by atoms with Crippen LogP contribution < -0.4 is 9.62 Å². The molecule has 1 aliphatic rings. The summed E-state index contributed by atoms with van der Waals surface area (Å²) in [6.07, 6.45) is -0.364. The van der Waals surface area contributed by atoms with Crippen LogP contribution in [0.25, 0.3) is 11.5 Å². The van der Waals surface area contributed by atoms with Crippen LogP contribution in [0.15, 0.2) is 47.0 Å². The summed E-state index contributed by atoms with van der Waals surface area (Å²) < 4.78 is 58.8. The fraction of sp³-hybridized carbons (Fsp3) is 0.381. The topological polar surface area (TPSA) is 101 Å². The Kier molecular flexibility index (Phi) is 9.74. The smallest absolute Gasteiger partial charge is 0.314 e. The highest BCUT2D eigenvalue weighted by molar-refractivity contribution is 7.93. The van der Waals surface area contributed by atoms with Gasteiger partial charge in [-0.15, -0.1) is 35.0 Å². The van der Waals surface area contributed by atoms with Gasteiger partial charge in [-0.3, -0.25) is 9.29 Å². The van der Waals surface area contributed by atoms with E-state index in [1.54, 1.807) is 18.2 Å². The Morgan fingerprint density at radius 3 is 2.47 bits per heavy atom. The van der Waals surface area contributed by atoms with Crippen molar-refractivity contribution in [2.24, 2.45) is 0 Å². The van der Waals surface area contributed by atoms with Crippen molar-refractivity contribution in [2.45, 2.75) is 38.0 Å². The fourth-order valence-electron chi connectivity index (χ4n) is 3.62. The maximum absolute atomic E-state index is 13.5. The van der Waals surface area contributed by atoms with E-state index >= 15 is 0 Å². The quantitative estimate of drug-likeness (QED) is 0.480. The van der Waals surface area contributed by atoms with Gasteiger partial charge < -0.3 is 9.73 Å². The number of sulfonamides is 1. The SMILES string of the molecule is Cc1cccc(N(Cc2ccc(-c3nnc(C(F)F)o3)cn2)S(=O)(=O)C2CCNCC2)c1.Cl.Cl. The molecule has 0 unspecified atom stereocenters. The van der Waals surface area contributed by atoms with E-state index < -0.39 is 27.6 Å². The van der Waals surface area contributed by atoms with Crippen LogP contribution in [0.3, 0.4) is 0 Å². The predicted octanol–water partition coefficient (Wildman–Crippen LogP) is 4.31. The standard InChI is InChI=1S/C21H23F2N5O3S.2ClH/c1-14-3-2-4-17(11-14)28(32(29,30)18-7-9-24-10-8-18)13-16-6-5-15(12-25-16)20-26-27-21(31-20)19(22)23;;/h2-6,11-12,18-19,24H,7-10,13H2,1H3;2*1H. The van der Waals surface area contributed by atoms with Gasteiger partial charge in [-0.25, -0.2) is 8.42 Å². The van der Waals surface area contributed by atoms with Crippen molar-refractivity contribution in [3.05, 3.63) is 59.7 Å². The van der Waals surface area contributed by atoms with Gasteiger partial charge >= 0.3 is 6.43 Å². The van der Waals surface area contributed by atoms with Gasteiger partial charge in [0.25, 0.3) is 5.89 Å². The van der Waals surface area contributed by atoms with Crippen LogP contribution in [0, 0.1) is 6.92 Å². The molecular formula is C21H25Cl2F2N5O3S. The normalized spacial score (nSPS) is 14.4. The van der Waals surface area contributed by atoms with Gasteiger partial charge in [0.2, 0.25) is 15.9 Å². The van der Waals surface area contributed by atoms with E-state index in [9.17, 15) is 17.2 Å². The summed E-state index contributed by atoms with van der Waals surface area (Å²) in [7, 11) is -3.63. The monoisotopic (exact) mass is 535 g/mol. The number of hydrogen-bond donors (Lipinski definition) is 1. The lowest BCUT2D eigenvalue weighted by Crippen LogP contribution is -2.44. The van der Waals surface area contributed by atoms with Crippen molar-refractivity contribution in [1.82, 2.24) is 20.5 Å². The van der Waals surface area contributed by atoms with Gasteiger partial charge in [0, 0.05) is 6.20 Å². The average Bonchev–Trinajstić information content (AvgIpc) is 3.29. The molecule has 34 heavy (non-hydrogen) atoms. The van der Waals surface area contributed by atoms with Crippen molar-refractivity contribution < 1.29 is 21.6 Å². The lowest BCUT2D eigenvalue weighted by Gasteiger charge is -2.31. The number of hydrogen-bond acceptors (Lipinski definition) is 7. The van der Waals surface area contributed by atoms with Gasteiger partial charge in [-0.2, -0.15) is 8.78 Å². The number of rotatable bonds is 7. The van der Waals surface area contributed by atoms with Crippen molar-refractivity contribution in [2.75, 3.05) is 17.4 Å².